The van der Waals surface area contributed by atoms with Crippen molar-refractivity contribution in [2.24, 2.45) is 0 Å². The molecule has 0 fully saturated rings. The Morgan fingerprint density at radius 1 is 1.32 bits per heavy atom. The Morgan fingerprint density at radius 3 is 2.84 bits per heavy atom. The van der Waals surface area contributed by atoms with Crippen molar-refractivity contribution in [3.63, 3.8) is 0 Å². The molecule has 0 saturated heterocycles. The molecule has 0 saturated carbocycles. The third-order valence-corrected chi connectivity index (χ3v) is 3.04. The monoisotopic (exact) mass is 260 g/mol. The summed E-state index contributed by atoms with van der Waals surface area (Å²) in [6.45, 7) is 0. The van der Waals surface area contributed by atoms with E-state index in [0.29, 0.717) is 12.1 Å². The third-order valence-electron chi connectivity index (χ3n) is 3.04. The number of rotatable bonds is 5. The Morgan fingerprint density at radius 2 is 2.16 bits per heavy atom. The minimum Gasteiger partial charge on any atom is -0.497 e. The zero-order chi connectivity index (χ0) is 13.7. The Balaban J connectivity index is 2.21. The van der Waals surface area contributed by atoms with Gasteiger partial charge in [-0.3, -0.25) is 4.98 Å². The highest BCUT2D eigenvalue weighted by molar-refractivity contribution is 5.29. The molecule has 19 heavy (non-hydrogen) atoms. The summed E-state index contributed by atoms with van der Waals surface area (Å²) in [6, 6.07) is 10.6. The first-order valence-electron chi connectivity index (χ1n) is 6.15. The molecule has 1 aromatic carbocycles. The molecule has 2 rings (SSSR count). The van der Waals surface area contributed by atoms with Crippen molar-refractivity contribution < 1.29 is 9.13 Å². The lowest BCUT2D eigenvalue weighted by atomic mass is 10.0. The van der Waals surface area contributed by atoms with Gasteiger partial charge in [0.05, 0.1) is 18.8 Å². The maximum Gasteiger partial charge on any atom is 0.146 e. The predicted octanol–water partition coefficient (Wildman–Crippen LogP) is 2.73. The van der Waals surface area contributed by atoms with Gasteiger partial charge in [-0.1, -0.05) is 12.1 Å². The van der Waals surface area contributed by atoms with Gasteiger partial charge in [0.15, 0.2) is 0 Å². The van der Waals surface area contributed by atoms with Crippen LogP contribution in [0.1, 0.15) is 17.3 Å². The van der Waals surface area contributed by atoms with Crippen molar-refractivity contribution in [1.29, 1.82) is 0 Å². The van der Waals surface area contributed by atoms with Crippen LogP contribution in [0, 0.1) is 5.82 Å². The number of hydrogen-bond donors (Lipinski definition) is 1. The third kappa shape index (κ3) is 3.29. The summed E-state index contributed by atoms with van der Waals surface area (Å²) in [5.41, 5.74) is 1.51. The highest BCUT2D eigenvalue weighted by Crippen LogP contribution is 2.21. The fraction of sp³-hybridized carbons (Fsp3) is 0.267. The Labute approximate surface area is 112 Å². The SMILES string of the molecule is CNC(Cc1cccc(OC)c1)c1ncccc1F. The molecule has 1 aromatic heterocycles. The molecular formula is C15H17FN2O. The number of ether oxygens (including phenoxy) is 1. The number of halogens is 1. The lowest BCUT2D eigenvalue weighted by Gasteiger charge is -2.16. The predicted molar refractivity (Wildman–Crippen MR) is 72.7 cm³/mol. The second kappa shape index (κ2) is 6.29. The van der Waals surface area contributed by atoms with Gasteiger partial charge in [0.25, 0.3) is 0 Å². The Hall–Kier alpha value is -1.94. The zero-order valence-corrected chi connectivity index (χ0v) is 11.1. The Bertz CT molecular complexity index is 545. The summed E-state index contributed by atoms with van der Waals surface area (Å²) in [4.78, 5) is 4.12. The van der Waals surface area contributed by atoms with E-state index in [2.05, 4.69) is 10.3 Å². The van der Waals surface area contributed by atoms with Gasteiger partial charge in [-0.15, -0.1) is 0 Å². The molecule has 1 N–H and O–H groups in total. The highest BCUT2D eigenvalue weighted by atomic mass is 19.1. The molecule has 3 nitrogen and oxygen atoms in total. The molecule has 1 unspecified atom stereocenters. The first-order valence-corrected chi connectivity index (χ1v) is 6.15. The topological polar surface area (TPSA) is 34.1 Å². The molecule has 0 bridgehead atoms. The summed E-state index contributed by atoms with van der Waals surface area (Å²) in [5.74, 6) is 0.513. The number of methoxy groups -OCH3 is 1. The molecule has 0 aliphatic carbocycles. The molecule has 0 aliphatic rings. The maximum atomic E-state index is 13.7. The van der Waals surface area contributed by atoms with Crippen molar-refractivity contribution in [2.45, 2.75) is 12.5 Å². The van der Waals surface area contributed by atoms with Gasteiger partial charge in [-0.05, 0) is 43.3 Å². The second-order valence-corrected chi connectivity index (χ2v) is 4.27. The summed E-state index contributed by atoms with van der Waals surface area (Å²) < 4.78 is 18.9. The van der Waals surface area contributed by atoms with Crippen LogP contribution in [0.3, 0.4) is 0 Å². The standard InChI is InChI=1S/C15H17FN2O/c1-17-14(15-13(16)7-4-8-18-15)10-11-5-3-6-12(9-11)19-2/h3-9,14,17H,10H2,1-2H3. The number of nitrogens with zero attached hydrogens (tertiary/aromatic N) is 1. The largest absolute Gasteiger partial charge is 0.497 e. The van der Waals surface area contributed by atoms with Crippen molar-refractivity contribution in [2.75, 3.05) is 14.2 Å². The summed E-state index contributed by atoms with van der Waals surface area (Å²) >= 11 is 0. The van der Waals surface area contributed by atoms with E-state index in [9.17, 15) is 4.39 Å². The summed E-state index contributed by atoms with van der Waals surface area (Å²) in [7, 11) is 3.44. The van der Waals surface area contributed by atoms with E-state index in [1.165, 1.54) is 6.07 Å². The molecule has 2 aromatic rings. The Kier molecular flexibility index (Phi) is 4.47. The minimum atomic E-state index is -0.287. The lowest BCUT2D eigenvalue weighted by Crippen LogP contribution is -2.21. The molecule has 0 aliphatic heterocycles. The zero-order valence-electron chi connectivity index (χ0n) is 11.1. The summed E-state index contributed by atoms with van der Waals surface area (Å²) in [6.07, 6.45) is 2.26. The minimum absolute atomic E-state index is 0.159. The fourth-order valence-electron chi connectivity index (χ4n) is 2.02. The average Bonchev–Trinajstić information content (AvgIpc) is 2.46. The maximum absolute atomic E-state index is 13.7. The van der Waals surface area contributed by atoms with Gasteiger partial charge < -0.3 is 10.1 Å². The van der Waals surface area contributed by atoms with Crippen LogP contribution in [0.2, 0.25) is 0 Å². The summed E-state index contributed by atoms with van der Waals surface area (Å²) in [5, 5.41) is 3.10. The van der Waals surface area contributed by atoms with Gasteiger partial charge >= 0.3 is 0 Å². The number of pyridine rings is 1. The quantitative estimate of drug-likeness (QED) is 0.897. The normalized spacial score (nSPS) is 12.2. The molecule has 0 radical (unpaired) electrons. The van der Waals surface area contributed by atoms with E-state index in [1.807, 2.05) is 24.3 Å². The first kappa shape index (κ1) is 13.5. The van der Waals surface area contributed by atoms with Crippen molar-refractivity contribution >= 4 is 0 Å². The number of hydrogen-bond acceptors (Lipinski definition) is 3. The van der Waals surface area contributed by atoms with E-state index >= 15 is 0 Å². The van der Waals surface area contributed by atoms with Gasteiger partial charge in [0.2, 0.25) is 0 Å². The second-order valence-electron chi connectivity index (χ2n) is 4.27. The van der Waals surface area contributed by atoms with Crippen LogP contribution in [0.15, 0.2) is 42.6 Å². The molecule has 1 atom stereocenters. The van der Waals surface area contributed by atoms with Crippen LogP contribution in [0.25, 0.3) is 0 Å². The number of nitrogens with one attached hydrogen (secondary N) is 1. The molecule has 0 amide bonds. The molecular weight excluding hydrogens is 243 g/mol. The number of likely N-dealkylation sites (N-methyl/N-ethyl adjacent to an activating group) is 1. The van der Waals surface area contributed by atoms with E-state index < -0.39 is 0 Å². The van der Waals surface area contributed by atoms with E-state index in [1.54, 1.807) is 26.4 Å². The van der Waals surface area contributed by atoms with Gasteiger partial charge in [-0.2, -0.15) is 0 Å². The highest BCUT2D eigenvalue weighted by Gasteiger charge is 2.15. The van der Waals surface area contributed by atoms with Crippen LogP contribution in [-0.4, -0.2) is 19.1 Å². The van der Waals surface area contributed by atoms with E-state index in [-0.39, 0.29) is 11.9 Å². The van der Waals surface area contributed by atoms with Crippen molar-refractivity contribution in [1.82, 2.24) is 10.3 Å². The smallest absolute Gasteiger partial charge is 0.146 e. The molecule has 4 heteroatoms. The van der Waals surface area contributed by atoms with Crippen LogP contribution in [0.5, 0.6) is 5.75 Å². The van der Waals surface area contributed by atoms with Crippen LogP contribution in [0.4, 0.5) is 4.39 Å². The van der Waals surface area contributed by atoms with Crippen LogP contribution >= 0.6 is 0 Å². The molecule has 100 valence electrons. The van der Waals surface area contributed by atoms with Crippen molar-refractivity contribution in [3.05, 3.63) is 59.7 Å². The molecule has 1 heterocycles. The van der Waals surface area contributed by atoms with Gasteiger partial charge in [0, 0.05) is 6.20 Å². The number of benzene rings is 1. The van der Waals surface area contributed by atoms with Crippen molar-refractivity contribution in [3.8, 4) is 5.75 Å². The van der Waals surface area contributed by atoms with Crippen LogP contribution < -0.4 is 10.1 Å². The number of aromatic nitrogens is 1. The van der Waals surface area contributed by atoms with Crippen LogP contribution in [-0.2, 0) is 6.42 Å². The van der Waals surface area contributed by atoms with E-state index in [0.717, 1.165) is 11.3 Å². The van der Waals surface area contributed by atoms with Gasteiger partial charge in [-0.25, -0.2) is 4.39 Å². The fourth-order valence-corrected chi connectivity index (χ4v) is 2.02. The average molecular weight is 260 g/mol. The first-order chi connectivity index (χ1) is 9.24. The lowest BCUT2D eigenvalue weighted by molar-refractivity contribution is 0.413. The molecule has 0 spiro atoms. The van der Waals surface area contributed by atoms with E-state index in [4.69, 9.17) is 4.74 Å². The van der Waals surface area contributed by atoms with Gasteiger partial charge in [0.1, 0.15) is 11.6 Å².